The minimum Gasteiger partial charge on any atom is -0.481 e. The Morgan fingerprint density at radius 1 is 1.38 bits per heavy atom. The third-order valence-corrected chi connectivity index (χ3v) is 3.14. The molecule has 0 bridgehead atoms. The number of carboxylic acid groups (broad SMARTS) is 1. The van der Waals surface area contributed by atoms with Crippen LogP contribution in [0, 0.1) is 6.92 Å². The van der Waals surface area contributed by atoms with Gasteiger partial charge in [-0.1, -0.05) is 48.9 Å². The van der Waals surface area contributed by atoms with E-state index in [1.165, 1.54) is 5.56 Å². The molecule has 86 valence electrons. The standard InChI is InChI=1S/C14H18O2/c1-10(2)14(4,9-13(15)16)12-7-5-11(3)6-8-12/h5-8H,1,9H2,2-4H3,(H,15,16). The Hall–Kier alpha value is -1.57. The molecule has 0 aliphatic carbocycles. The van der Waals surface area contributed by atoms with Crippen molar-refractivity contribution in [3.63, 3.8) is 0 Å². The molecule has 1 atom stereocenters. The molecule has 1 aromatic carbocycles. The highest BCUT2D eigenvalue weighted by Gasteiger charge is 2.30. The van der Waals surface area contributed by atoms with E-state index in [2.05, 4.69) is 6.58 Å². The molecule has 0 spiro atoms. The Balaban J connectivity index is 3.16. The summed E-state index contributed by atoms with van der Waals surface area (Å²) in [6.07, 6.45) is 0.0748. The van der Waals surface area contributed by atoms with Gasteiger partial charge in [0.05, 0.1) is 6.42 Å². The summed E-state index contributed by atoms with van der Waals surface area (Å²) in [5.74, 6) is -0.800. The van der Waals surface area contributed by atoms with Gasteiger partial charge in [-0.2, -0.15) is 0 Å². The Morgan fingerprint density at radius 3 is 2.25 bits per heavy atom. The Morgan fingerprint density at radius 2 is 1.88 bits per heavy atom. The number of carboxylic acids is 1. The fourth-order valence-corrected chi connectivity index (χ4v) is 1.72. The molecule has 0 saturated heterocycles. The van der Waals surface area contributed by atoms with Gasteiger partial charge in [-0.15, -0.1) is 0 Å². The summed E-state index contributed by atoms with van der Waals surface area (Å²) in [6.45, 7) is 9.73. The van der Waals surface area contributed by atoms with E-state index in [1.807, 2.05) is 45.0 Å². The first kappa shape index (κ1) is 12.5. The topological polar surface area (TPSA) is 37.3 Å². The molecule has 0 aliphatic heterocycles. The summed E-state index contributed by atoms with van der Waals surface area (Å²) >= 11 is 0. The van der Waals surface area contributed by atoms with Gasteiger partial charge in [0.1, 0.15) is 0 Å². The zero-order chi connectivity index (χ0) is 12.3. The quantitative estimate of drug-likeness (QED) is 0.787. The highest BCUT2D eigenvalue weighted by Crippen LogP contribution is 2.34. The summed E-state index contributed by atoms with van der Waals surface area (Å²) < 4.78 is 0. The van der Waals surface area contributed by atoms with E-state index < -0.39 is 11.4 Å². The Labute approximate surface area is 96.6 Å². The van der Waals surface area contributed by atoms with Crippen molar-refractivity contribution in [2.45, 2.75) is 32.6 Å². The van der Waals surface area contributed by atoms with E-state index >= 15 is 0 Å². The number of hydrogen-bond donors (Lipinski definition) is 1. The summed E-state index contributed by atoms with van der Waals surface area (Å²) in [6, 6.07) is 7.96. The van der Waals surface area contributed by atoms with Crippen LogP contribution < -0.4 is 0 Å². The summed E-state index contributed by atoms with van der Waals surface area (Å²) in [5.41, 5.74) is 2.56. The van der Waals surface area contributed by atoms with E-state index in [0.29, 0.717) is 0 Å². The van der Waals surface area contributed by atoms with Gasteiger partial charge >= 0.3 is 5.97 Å². The van der Waals surface area contributed by atoms with Crippen LogP contribution in [0.5, 0.6) is 0 Å². The van der Waals surface area contributed by atoms with Crippen molar-refractivity contribution in [2.24, 2.45) is 0 Å². The monoisotopic (exact) mass is 218 g/mol. The first-order valence-electron chi connectivity index (χ1n) is 5.31. The minimum absolute atomic E-state index is 0.0748. The lowest BCUT2D eigenvalue weighted by Gasteiger charge is -2.29. The van der Waals surface area contributed by atoms with E-state index in [-0.39, 0.29) is 6.42 Å². The molecule has 0 aliphatic rings. The van der Waals surface area contributed by atoms with Crippen LogP contribution in [-0.4, -0.2) is 11.1 Å². The van der Waals surface area contributed by atoms with Crippen LogP contribution in [0.2, 0.25) is 0 Å². The van der Waals surface area contributed by atoms with Crippen molar-refractivity contribution in [1.82, 2.24) is 0 Å². The molecule has 0 heterocycles. The molecule has 1 rings (SSSR count). The van der Waals surface area contributed by atoms with E-state index in [4.69, 9.17) is 5.11 Å². The lowest BCUT2D eigenvalue weighted by molar-refractivity contribution is -0.138. The summed E-state index contributed by atoms with van der Waals surface area (Å²) in [7, 11) is 0. The molecule has 16 heavy (non-hydrogen) atoms. The van der Waals surface area contributed by atoms with Crippen LogP contribution in [0.4, 0.5) is 0 Å². The number of allylic oxidation sites excluding steroid dienone is 1. The molecule has 0 amide bonds. The summed E-state index contributed by atoms with van der Waals surface area (Å²) in [5, 5.41) is 8.97. The largest absolute Gasteiger partial charge is 0.481 e. The maximum Gasteiger partial charge on any atom is 0.304 e. The molecule has 0 aromatic heterocycles. The predicted molar refractivity (Wildman–Crippen MR) is 65.6 cm³/mol. The lowest BCUT2D eigenvalue weighted by atomic mass is 9.74. The maximum atomic E-state index is 10.9. The number of rotatable bonds is 4. The first-order valence-corrected chi connectivity index (χ1v) is 5.31. The summed E-state index contributed by atoms with van der Waals surface area (Å²) in [4.78, 5) is 10.9. The van der Waals surface area contributed by atoms with Crippen molar-refractivity contribution < 1.29 is 9.90 Å². The lowest BCUT2D eigenvalue weighted by Crippen LogP contribution is -2.26. The normalized spacial score (nSPS) is 14.2. The number of carbonyl (C=O) groups is 1. The maximum absolute atomic E-state index is 10.9. The van der Waals surface area contributed by atoms with Gasteiger partial charge < -0.3 is 5.11 Å². The highest BCUT2D eigenvalue weighted by atomic mass is 16.4. The van der Waals surface area contributed by atoms with Gasteiger partial charge in [-0.05, 0) is 19.4 Å². The minimum atomic E-state index is -0.800. The van der Waals surface area contributed by atoms with Gasteiger partial charge in [-0.25, -0.2) is 0 Å². The average molecular weight is 218 g/mol. The smallest absolute Gasteiger partial charge is 0.304 e. The van der Waals surface area contributed by atoms with Gasteiger partial charge in [0.25, 0.3) is 0 Å². The van der Waals surface area contributed by atoms with Crippen LogP contribution in [0.15, 0.2) is 36.4 Å². The molecular weight excluding hydrogens is 200 g/mol. The van der Waals surface area contributed by atoms with Crippen molar-refractivity contribution in [3.05, 3.63) is 47.5 Å². The number of aryl methyl sites for hydroxylation is 1. The molecule has 2 heteroatoms. The van der Waals surface area contributed by atoms with Crippen molar-refractivity contribution in [2.75, 3.05) is 0 Å². The van der Waals surface area contributed by atoms with Crippen LogP contribution in [0.1, 0.15) is 31.4 Å². The average Bonchev–Trinajstić information content (AvgIpc) is 2.17. The fraction of sp³-hybridized carbons (Fsp3) is 0.357. The van der Waals surface area contributed by atoms with E-state index in [9.17, 15) is 4.79 Å². The van der Waals surface area contributed by atoms with Crippen molar-refractivity contribution >= 4 is 5.97 Å². The van der Waals surface area contributed by atoms with E-state index in [0.717, 1.165) is 11.1 Å². The van der Waals surface area contributed by atoms with Crippen LogP contribution in [0.3, 0.4) is 0 Å². The van der Waals surface area contributed by atoms with Gasteiger partial charge in [0, 0.05) is 5.41 Å². The Bertz CT molecular complexity index is 403. The predicted octanol–water partition coefficient (Wildman–Crippen LogP) is 3.30. The highest BCUT2D eigenvalue weighted by molar-refractivity contribution is 5.70. The zero-order valence-electron chi connectivity index (χ0n) is 10.1. The number of benzene rings is 1. The molecular formula is C14H18O2. The van der Waals surface area contributed by atoms with Crippen molar-refractivity contribution in [1.29, 1.82) is 0 Å². The van der Waals surface area contributed by atoms with Gasteiger partial charge in [0.2, 0.25) is 0 Å². The molecule has 1 aromatic rings. The van der Waals surface area contributed by atoms with Crippen LogP contribution in [0.25, 0.3) is 0 Å². The molecule has 2 nitrogen and oxygen atoms in total. The molecule has 0 saturated carbocycles. The zero-order valence-corrected chi connectivity index (χ0v) is 10.1. The second-order valence-corrected chi connectivity index (χ2v) is 4.55. The molecule has 0 radical (unpaired) electrons. The third kappa shape index (κ3) is 2.51. The van der Waals surface area contributed by atoms with Crippen molar-refractivity contribution in [3.8, 4) is 0 Å². The third-order valence-electron chi connectivity index (χ3n) is 3.14. The second-order valence-electron chi connectivity index (χ2n) is 4.55. The van der Waals surface area contributed by atoms with Crippen LogP contribution in [-0.2, 0) is 10.2 Å². The molecule has 1 N–H and O–H groups in total. The van der Waals surface area contributed by atoms with Gasteiger partial charge in [-0.3, -0.25) is 4.79 Å². The SMILES string of the molecule is C=C(C)C(C)(CC(=O)O)c1ccc(C)cc1. The molecule has 1 unspecified atom stereocenters. The van der Waals surface area contributed by atoms with E-state index in [1.54, 1.807) is 0 Å². The Kier molecular flexibility index (Phi) is 3.53. The molecule has 0 fully saturated rings. The van der Waals surface area contributed by atoms with Gasteiger partial charge in [0.15, 0.2) is 0 Å². The second kappa shape index (κ2) is 4.52. The fourth-order valence-electron chi connectivity index (χ4n) is 1.72. The first-order chi connectivity index (χ1) is 7.36. The van der Waals surface area contributed by atoms with Crippen LogP contribution >= 0.6 is 0 Å². The number of aliphatic carboxylic acids is 1. The number of hydrogen-bond acceptors (Lipinski definition) is 1.